The molecule has 3 aromatic rings. The van der Waals surface area contributed by atoms with Crippen LogP contribution in [-0.4, -0.2) is 18.0 Å². The molecule has 0 atom stereocenters. The number of hydrogen-bond acceptors (Lipinski definition) is 4. The predicted molar refractivity (Wildman–Crippen MR) is 106 cm³/mol. The normalized spacial score (nSPS) is 11.0. The Morgan fingerprint density at radius 3 is 2.62 bits per heavy atom. The quantitative estimate of drug-likeness (QED) is 0.635. The number of H-pyrrole nitrogens is 1. The van der Waals surface area contributed by atoms with Gasteiger partial charge in [-0.05, 0) is 36.4 Å². The van der Waals surface area contributed by atoms with Crippen LogP contribution < -0.4 is 21.0 Å². The average Bonchev–Trinajstić information content (AvgIpc) is 2.76. The zero-order valence-corrected chi connectivity index (χ0v) is 15.6. The van der Waals surface area contributed by atoms with Crippen LogP contribution in [0.5, 0.6) is 5.75 Å². The molecular weight excluding hydrogens is 406 g/mol. The maximum absolute atomic E-state index is 13.7. The summed E-state index contributed by atoms with van der Waals surface area (Å²) < 4.78 is 31.7. The maximum atomic E-state index is 13.7. The van der Waals surface area contributed by atoms with Crippen LogP contribution in [0.2, 0.25) is 5.02 Å². The third kappa shape index (κ3) is 4.33. The van der Waals surface area contributed by atoms with Crippen molar-refractivity contribution in [2.75, 3.05) is 12.4 Å². The van der Waals surface area contributed by atoms with Crippen molar-refractivity contribution in [2.45, 2.75) is 0 Å². The lowest BCUT2D eigenvalue weighted by Gasteiger charge is -2.03. The van der Waals surface area contributed by atoms with Crippen LogP contribution in [0, 0.1) is 11.6 Å². The van der Waals surface area contributed by atoms with Crippen molar-refractivity contribution >= 4 is 40.2 Å². The molecule has 6 nitrogen and oxygen atoms in total. The first kappa shape index (κ1) is 20.2. The standard InChI is InChI=1S/C20H13ClF2N2O4/c1-29-19-13(5-7-17(26)24-15-6-3-11(22)9-14(15)23)18(27)12-4-2-10(21)8-16(12)25-20(19)28/h2-9H,1H3,(H,24,26)(H,25,28)/b7-5+. The number of aromatic amines is 1. The van der Waals surface area contributed by atoms with Crippen LogP contribution >= 0.6 is 11.6 Å². The second-order valence-corrected chi connectivity index (χ2v) is 6.30. The Hall–Kier alpha value is -3.52. The van der Waals surface area contributed by atoms with Crippen molar-refractivity contribution in [3.05, 3.63) is 85.3 Å². The molecule has 1 heterocycles. The minimum Gasteiger partial charge on any atom is -0.491 e. The van der Waals surface area contributed by atoms with E-state index in [2.05, 4.69) is 10.3 Å². The van der Waals surface area contributed by atoms with Gasteiger partial charge in [0.2, 0.25) is 5.91 Å². The Balaban J connectivity index is 2.06. The lowest BCUT2D eigenvalue weighted by Crippen LogP contribution is -2.12. The number of benzene rings is 2. The first-order valence-corrected chi connectivity index (χ1v) is 8.56. The van der Waals surface area contributed by atoms with E-state index in [4.69, 9.17) is 16.3 Å². The second kappa shape index (κ2) is 8.24. The van der Waals surface area contributed by atoms with Gasteiger partial charge in [-0.25, -0.2) is 8.78 Å². The summed E-state index contributed by atoms with van der Waals surface area (Å²) in [5, 5.41) is 2.69. The molecule has 0 aliphatic rings. The third-order valence-corrected chi connectivity index (χ3v) is 4.20. The van der Waals surface area contributed by atoms with Gasteiger partial charge < -0.3 is 15.0 Å². The molecule has 0 spiro atoms. The van der Waals surface area contributed by atoms with Crippen molar-refractivity contribution < 1.29 is 18.3 Å². The average molecular weight is 419 g/mol. The van der Waals surface area contributed by atoms with Crippen molar-refractivity contribution in [2.24, 2.45) is 0 Å². The van der Waals surface area contributed by atoms with Crippen molar-refractivity contribution in [3.8, 4) is 5.75 Å². The highest BCUT2D eigenvalue weighted by Gasteiger charge is 2.13. The van der Waals surface area contributed by atoms with Crippen molar-refractivity contribution in [1.82, 2.24) is 4.98 Å². The number of anilines is 1. The molecule has 0 aliphatic heterocycles. The smallest absolute Gasteiger partial charge is 0.291 e. The van der Waals surface area contributed by atoms with E-state index in [1.54, 1.807) is 0 Å². The molecule has 0 aliphatic carbocycles. The number of fused-ring (bicyclic) bond motifs is 1. The number of nitrogens with one attached hydrogen (secondary N) is 2. The summed E-state index contributed by atoms with van der Waals surface area (Å²) in [6.07, 6.45) is 2.02. The molecule has 0 radical (unpaired) electrons. The Bertz CT molecular complexity index is 1270. The highest BCUT2D eigenvalue weighted by Crippen LogP contribution is 2.18. The lowest BCUT2D eigenvalue weighted by atomic mass is 10.1. The molecule has 1 aromatic heterocycles. The fourth-order valence-corrected chi connectivity index (χ4v) is 2.82. The molecule has 1 amide bonds. The largest absolute Gasteiger partial charge is 0.491 e. The molecule has 2 aromatic carbocycles. The Kier molecular flexibility index (Phi) is 5.74. The first-order chi connectivity index (χ1) is 13.8. The molecule has 3 rings (SSSR count). The van der Waals surface area contributed by atoms with Crippen LogP contribution in [0.1, 0.15) is 5.56 Å². The predicted octanol–water partition coefficient (Wildman–Crippen LogP) is 3.48. The highest BCUT2D eigenvalue weighted by atomic mass is 35.5. The van der Waals surface area contributed by atoms with Gasteiger partial charge in [-0.2, -0.15) is 0 Å². The van der Waals surface area contributed by atoms with Gasteiger partial charge in [0.25, 0.3) is 5.56 Å². The van der Waals surface area contributed by atoms with Gasteiger partial charge in [-0.3, -0.25) is 14.4 Å². The van der Waals surface area contributed by atoms with E-state index in [0.29, 0.717) is 11.1 Å². The highest BCUT2D eigenvalue weighted by molar-refractivity contribution is 6.31. The van der Waals surface area contributed by atoms with Crippen LogP contribution in [0.3, 0.4) is 0 Å². The van der Waals surface area contributed by atoms with E-state index in [1.165, 1.54) is 25.3 Å². The summed E-state index contributed by atoms with van der Waals surface area (Å²) in [7, 11) is 1.20. The minimum atomic E-state index is -0.959. The van der Waals surface area contributed by atoms with Crippen molar-refractivity contribution in [1.29, 1.82) is 0 Å². The Morgan fingerprint density at radius 2 is 1.93 bits per heavy atom. The fraction of sp³-hybridized carbons (Fsp3) is 0.0500. The van der Waals surface area contributed by atoms with Gasteiger partial charge in [0.15, 0.2) is 11.2 Å². The zero-order valence-electron chi connectivity index (χ0n) is 14.9. The number of carbonyl (C=O) groups is 1. The summed E-state index contributed by atoms with van der Waals surface area (Å²) >= 11 is 5.91. The second-order valence-electron chi connectivity index (χ2n) is 5.87. The zero-order chi connectivity index (χ0) is 21.1. The summed E-state index contributed by atoms with van der Waals surface area (Å²) in [6, 6.07) is 6.98. The molecular formula is C20H13ClF2N2O4. The summed E-state index contributed by atoms with van der Waals surface area (Å²) in [5.74, 6) is -2.86. The fourth-order valence-electron chi connectivity index (χ4n) is 2.65. The Morgan fingerprint density at radius 1 is 1.17 bits per heavy atom. The minimum absolute atomic E-state index is 0.152. The molecule has 0 unspecified atom stereocenters. The molecule has 29 heavy (non-hydrogen) atoms. The van der Waals surface area contributed by atoms with Gasteiger partial charge in [-0.1, -0.05) is 11.6 Å². The number of aromatic nitrogens is 1. The molecule has 2 N–H and O–H groups in total. The maximum Gasteiger partial charge on any atom is 0.291 e. The van der Waals surface area contributed by atoms with E-state index in [-0.39, 0.29) is 27.9 Å². The summed E-state index contributed by atoms with van der Waals surface area (Å²) in [6.45, 7) is 0. The van der Waals surface area contributed by atoms with Crippen LogP contribution in [0.25, 0.3) is 17.0 Å². The topological polar surface area (TPSA) is 88.3 Å². The van der Waals surface area contributed by atoms with Crippen LogP contribution in [-0.2, 0) is 4.79 Å². The van der Waals surface area contributed by atoms with E-state index in [0.717, 1.165) is 24.3 Å². The van der Waals surface area contributed by atoms with E-state index in [1.807, 2.05) is 0 Å². The number of ether oxygens (including phenoxy) is 1. The number of hydrogen-bond donors (Lipinski definition) is 2. The number of amides is 1. The third-order valence-electron chi connectivity index (χ3n) is 3.96. The Labute approximate surface area is 167 Å². The van der Waals surface area contributed by atoms with Gasteiger partial charge >= 0.3 is 0 Å². The van der Waals surface area contributed by atoms with Crippen LogP contribution in [0.15, 0.2) is 52.1 Å². The number of carbonyl (C=O) groups excluding carboxylic acids is 1. The molecule has 9 heteroatoms. The molecule has 0 fully saturated rings. The molecule has 0 saturated carbocycles. The van der Waals surface area contributed by atoms with Gasteiger partial charge in [-0.15, -0.1) is 0 Å². The summed E-state index contributed by atoms with van der Waals surface area (Å²) in [5.41, 5.74) is -1.51. The van der Waals surface area contributed by atoms with Gasteiger partial charge in [0.1, 0.15) is 11.6 Å². The number of halogens is 3. The SMILES string of the molecule is COc1c(/C=C/C(=O)Nc2ccc(F)cc2F)c(=O)c2ccc(Cl)cc2[nH]c1=O. The number of rotatable bonds is 4. The van der Waals surface area contributed by atoms with Crippen LogP contribution in [0.4, 0.5) is 14.5 Å². The molecule has 0 saturated heterocycles. The monoisotopic (exact) mass is 418 g/mol. The first-order valence-electron chi connectivity index (χ1n) is 8.18. The van der Waals surface area contributed by atoms with Gasteiger partial charge in [0.05, 0.1) is 23.9 Å². The number of methoxy groups -OCH3 is 1. The molecule has 0 bridgehead atoms. The van der Waals surface area contributed by atoms with Crippen molar-refractivity contribution in [3.63, 3.8) is 0 Å². The van der Waals surface area contributed by atoms with E-state index < -0.39 is 28.5 Å². The lowest BCUT2D eigenvalue weighted by molar-refractivity contribution is -0.111. The molecule has 148 valence electrons. The van der Waals surface area contributed by atoms with Gasteiger partial charge in [0, 0.05) is 22.6 Å². The van der Waals surface area contributed by atoms with E-state index >= 15 is 0 Å². The van der Waals surface area contributed by atoms with E-state index in [9.17, 15) is 23.2 Å². The summed E-state index contributed by atoms with van der Waals surface area (Å²) in [4.78, 5) is 39.9.